The first-order valence-corrected chi connectivity index (χ1v) is 10.2. The highest BCUT2D eigenvalue weighted by molar-refractivity contribution is 14.1. The molecule has 1 aromatic heterocycles. The van der Waals surface area contributed by atoms with Crippen molar-refractivity contribution in [2.24, 2.45) is 5.10 Å². The lowest BCUT2D eigenvalue weighted by molar-refractivity contribution is -0.114. The summed E-state index contributed by atoms with van der Waals surface area (Å²) in [6, 6.07) is 15.2. The third-order valence-electron chi connectivity index (χ3n) is 4.83. The number of halogens is 1. The van der Waals surface area contributed by atoms with Crippen molar-refractivity contribution in [2.75, 3.05) is 5.01 Å². The Kier molecular flexibility index (Phi) is 4.99. The smallest absolute Gasteiger partial charge is 0.280 e. The number of carbonyl (C=O) groups excluding carboxylic acids is 1. The van der Waals surface area contributed by atoms with Crippen molar-refractivity contribution < 1.29 is 4.79 Å². The van der Waals surface area contributed by atoms with Crippen molar-refractivity contribution in [2.45, 2.75) is 20.8 Å². The Morgan fingerprint density at radius 3 is 2.21 bits per heavy atom. The third-order valence-corrected chi connectivity index (χ3v) is 5.55. The van der Waals surface area contributed by atoms with Crippen LogP contribution in [0.3, 0.4) is 0 Å². The van der Waals surface area contributed by atoms with Gasteiger partial charge in [0.2, 0.25) is 0 Å². The van der Waals surface area contributed by atoms with Crippen LogP contribution in [0.2, 0.25) is 0 Å². The van der Waals surface area contributed by atoms with Crippen LogP contribution in [0.4, 0.5) is 5.69 Å². The Hall–Kier alpha value is -2.94. The average molecular weight is 498 g/mol. The molecule has 1 N–H and O–H groups in total. The Morgan fingerprint density at radius 1 is 0.931 bits per heavy atom. The molecule has 1 amide bonds. The van der Waals surface area contributed by atoms with Gasteiger partial charge in [-0.25, -0.2) is 4.68 Å². The van der Waals surface area contributed by atoms with Gasteiger partial charge in [-0.3, -0.25) is 14.7 Å². The third kappa shape index (κ3) is 3.57. The zero-order valence-electron chi connectivity index (χ0n) is 16.2. The Morgan fingerprint density at radius 2 is 1.55 bits per heavy atom. The molecule has 1 aliphatic heterocycles. The molecule has 1 aliphatic rings. The molecule has 6 nitrogen and oxygen atoms in total. The quantitative estimate of drug-likeness (QED) is 0.435. The van der Waals surface area contributed by atoms with E-state index in [1.807, 2.05) is 62.4 Å². The molecule has 0 saturated carbocycles. The van der Waals surface area contributed by atoms with Gasteiger partial charge in [-0.1, -0.05) is 17.7 Å². The fraction of sp³-hybridized carbons (Fsp3) is 0.136. The van der Waals surface area contributed by atoms with Crippen LogP contribution >= 0.6 is 22.6 Å². The minimum atomic E-state index is -0.245. The van der Waals surface area contributed by atoms with Gasteiger partial charge >= 0.3 is 0 Å². The van der Waals surface area contributed by atoms with E-state index >= 15 is 0 Å². The molecule has 0 unspecified atom stereocenters. The molecule has 0 radical (unpaired) electrons. The van der Waals surface area contributed by atoms with Crippen LogP contribution in [0, 0.1) is 17.4 Å². The van der Waals surface area contributed by atoms with Crippen LogP contribution in [0.5, 0.6) is 0 Å². The van der Waals surface area contributed by atoms with Gasteiger partial charge < -0.3 is 0 Å². The molecular weight excluding hydrogens is 479 g/mol. The van der Waals surface area contributed by atoms with E-state index in [-0.39, 0.29) is 11.5 Å². The first kappa shape index (κ1) is 19.4. The summed E-state index contributed by atoms with van der Waals surface area (Å²) in [6.45, 7) is 5.59. The number of H-pyrrole nitrogens is 1. The highest BCUT2D eigenvalue weighted by Gasteiger charge is 2.29. The van der Waals surface area contributed by atoms with E-state index in [9.17, 15) is 9.59 Å². The molecule has 2 aromatic carbocycles. The van der Waals surface area contributed by atoms with Gasteiger partial charge in [-0.05, 0) is 85.8 Å². The van der Waals surface area contributed by atoms with Crippen molar-refractivity contribution in [3.63, 3.8) is 0 Å². The van der Waals surface area contributed by atoms with Crippen molar-refractivity contribution in [3.05, 3.63) is 84.8 Å². The first-order valence-electron chi connectivity index (χ1n) is 9.11. The van der Waals surface area contributed by atoms with Gasteiger partial charge in [-0.15, -0.1) is 0 Å². The molecule has 3 aromatic rings. The van der Waals surface area contributed by atoms with E-state index in [2.05, 4.69) is 32.8 Å². The molecule has 146 valence electrons. The Bertz CT molecular complexity index is 1220. The second-order valence-corrected chi connectivity index (χ2v) is 8.21. The normalized spacial score (nSPS) is 15.3. The largest absolute Gasteiger partial charge is 0.295 e. The van der Waals surface area contributed by atoms with E-state index in [1.54, 1.807) is 13.0 Å². The van der Waals surface area contributed by atoms with Crippen LogP contribution in [0.1, 0.15) is 23.7 Å². The maximum absolute atomic E-state index is 13.0. The van der Waals surface area contributed by atoms with E-state index in [4.69, 9.17) is 0 Å². The maximum Gasteiger partial charge on any atom is 0.280 e. The Balaban J connectivity index is 1.72. The van der Waals surface area contributed by atoms with Crippen molar-refractivity contribution >= 4 is 46.0 Å². The molecule has 0 atom stereocenters. The van der Waals surface area contributed by atoms with E-state index in [1.165, 1.54) is 9.69 Å². The summed E-state index contributed by atoms with van der Waals surface area (Å²) in [5.41, 5.74) is 4.50. The molecule has 0 saturated heterocycles. The molecular formula is C22H19IN4O2. The van der Waals surface area contributed by atoms with Crippen molar-refractivity contribution in [1.82, 2.24) is 9.78 Å². The number of aryl methyl sites for hydroxylation is 2. The van der Waals surface area contributed by atoms with Crippen molar-refractivity contribution in [1.29, 1.82) is 0 Å². The van der Waals surface area contributed by atoms with Crippen LogP contribution < -0.4 is 10.6 Å². The lowest BCUT2D eigenvalue weighted by Crippen LogP contribution is -2.22. The van der Waals surface area contributed by atoms with Crippen molar-refractivity contribution in [3.8, 4) is 5.69 Å². The summed E-state index contributed by atoms with van der Waals surface area (Å²) in [6.07, 6.45) is 1.63. The number of anilines is 1. The van der Waals surface area contributed by atoms with Crippen LogP contribution in [-0.2, 0) is 4.79 Å². The SMILES string of the molecule is CC1=NN(c2ccc(I)cc2)C(=O)C1=Cc1c(C)[nH]n(-c2ccc(C)cc2)c1=O. The van der Waals surface area contributed by atoms with Crippen LogP contribution in [0.25, 0.3) is 11.8 Å². The second-order valence-electron chi connectivity index (χ2n) is 6.96. The topological polar surface area (TPSA) is 70.5 Å². The van der Waals surface area contributed by atoms with Gasteiger partial charge in [0.15, 0.2) is 0 Å². The number of aromatic nitrogens is 2. The number of hydrazone groups is 1. The Labute approximate surface area is 181 Å². The predicted octanol–water partition coefficient (Wildman–Crippen LogP) is 4.19. The van der Waals surface area contributed by atoms with Gasteiger partial charge in [0.05, 0.1) is 28.2 Å². The van der Waals surface area contributed by atoms with Crippen LogP contribution in [0.15, 0.2) is 64.0 Å². The summed E-state index contributed by atoms with van der Waals surface area (Å²) < 4.78 is 2.57. The number of carbonyl (C=O) groups is 1. The first-order chi connectivity index (χ1) is 13.8. The molecule has 7 heteroatoms. The standard InChI is InChI=1S/C22H19IN4O2/c1-13-4-8-17(9-5-13)26-21(28)19(14(2)24-26)12-20-15(3)25-27(22(20)29)18-10-6-16(23)7-11-18/h4-12,24H,1-3H3. The number of amides is 1. The van der Waals surface area contributed by atoms with E-state index in [0.717, 1.165) is 14.8 Å². The number of aromatic amines is 1. The zero-order valence-corrected chi connectivity index (χ0v) is 18.4. The lowest BCUT2D eigenvalue weighted by Gasteiger charge is -2.11. The average Bonchev–Trinajstić information content (AvgIpc) is 3.14. The summed E-state index contributed by atoms with van der Waals surface area (Å²) in [4.78, 5) is 26.0. The predicted molar refractivity (Wildman–Crippen MR) is 124 cm³/mol. The number of nitrogens with one attached hydrogen (secondary N) is 1. The minimum absolute atomic E-state index is 0.202. The summed E-state index contributed by atoms with van der Waals surface area (Å²) in [5, 5.41) is 8.86. The zero-order chi connectivity index (χ0) is 20.7. The summed E-state index contributed by atoms with van der Waals surface area (Å²) >= 11 is 2.21. The maximum atomic E-state index is 13.0. The number of rotatable bonds is 3. The number of nitrogens with zero attached hydrogens (tertiary/aromatic N) is 3. The molecule has 0 fully saturated rings. The monoisotopic (exact) mass is 498 g/mol. The fourth-order valence-corrected chi connectivity index (χ4v) is 3.55. The van der Waals surface area contributed by atoms with E-state index < -0.39 is 0 Å². The summed E-state index contributed by atoms with van der Waals surface area (Å²) in [7, 11) is 0. The molecule has 0 bridgehead atoms. The molecule has 0 aliphatic carbocycles. The number of hydrogen-bond donors (Lipinski definition) is 1. The molecule has 2 heterocycles. The number of hydrogen-bond acceptors (Lipinski definition) is 3. The lowest BCUT2D eigenvalue weighted by atomic mass is 10.1. The number of benzene rings is 2. The molecule has 4 rings (SSSR count). The second kappa shape index (κ2) is 7.47. The summed E-state index contributed by atoms with van der Waals surface area (Å²) in [5.74, 6) is -0.245. The van der Waals surface area contributed by atoms with E-state index in [0.29, 0.717) is 28.2 Å². The van der Waals surface area contributed by atoms with Crippen LogP contribution in [-0.4, -0.2) is 21.4 Å². The highest BCUT2D eigenvalue weighted by atomic mass is 127. The molecule has 29 heavy (non-hydrogen) atoms. The van der Waals surface area contributed by atoms with Gasteiger partial charge in [0.1, 0.15) is 0 Å². The van der Waals surface area contributed by atoms with Gasteiger partial charge in [0, 0.05) is 9.26 Å². The fourth-order valence-electron chi connectivity index (χ4n) is 3.19. The van der Waals surface area contributed by atoms with Gasteiger partial charge in [-0.2, -0.15) is 10.1 Å². The highest BCUT2D eigenvalue weighted by Crippen LogP contribution is 2.25. The minimum Gasteiger partial charge on any atom is -0.295 e. The van der Waals surface area contributed by atoms with Gasteiger partial charge in [0.25, 0.3) is 11.5 Å². The molecule has 0 spiro atoms.